The molecule has 0 fully saturated rings. The number of carbonyl (C=O) groups excluding carboxylic acids is 2. The molecule has 0 saturated carbocycles. The van der Waals surface area contributed by atoms with Crippen molar-refractivity contribution in [1.82, 2.24) is 9.55 Å². The van der Waals surface area contributed by atoms with E-state index in [1.165, 1.54) is 0 Å². The number of benzene rings is 2. The Kier molecular flexibility index (Phi) is 5.93. The Balaban J connectivity index is 1.93. The quantitative estimate of drug-likeness (QED) is 0.353. The minimum absolute atomic E-state index is 0.121. The molecule has 1 aliphatic rings. The predicted molar refractivity (Wildman–Crippen MR) is 118 cm³/mol. The summed E-state index contributed by atoms with van der Waals surface area (Å²) in [6.07, 6.45) is 2.83. The van der Waals surface area contributed by atoms with Gasteiger partial charge in [0.15, 0.2) is 5.92 Å². The highest BCUT2D eigenvalue weighted by Crippen LogP contribution is 2.41. The van der Waals surface area contributed by atoms with Gasteiger partial charge in [0.05, 0.1) is 23.7 Å². The van der Waals surface area contributed by atoms with E-state index in [4.69, 9.17) is 9.72 Å². The van der Waals surface area contributed by atoms with Crippen LogP contribution in [0.4, 0.5) is 5.95 Å². The molecule has 0 aliphatic carbocycles. The van der Waals surface area contributed by atoms with Crippen LogP contribution in [0.15, 0.2) is 48.5 Å². The number of para-hydroxylation sites is 2. The SMILES string of the molecule is CCCCCN1C(=O)[C@H](C(=O)OCC)[C@@H](c2ccc(O)cc2)n2c1nc1ccccc12. The zero-order valence-corrected chi connectivity index (χ0v) is 17.8. The molecule has 0 radical (unpaired) electrons. The van der Waals surface area contributed by atoms with E-state index in [9.17, 15) is 14.7 Å². The molecule has 1 aromatic heterocycles. The highest BCUT2D eigenvalue weighted by atomic mass is 16.5. The number of phenolic OH excluding ortho intramolecular Hbond substituents is 1. The van der Waals surface area contributed by atoms with Crippen molar-refractivity contribution in [2.75, 3.05) is 18.1 Å². The summed E-state index contributed by atoms with van der Waals surface area (Å²) in [7, 11) is 0. The molecule has 3 aromatic rings. The molecule has 0 bridgehead atoms. The van der Waals surface area contributed by atoms with Crippen molar-refractivity contribution >= 4 is 28.9 Å². The molecule has 4 rings (SSSR count). The Morgan fingerprint density at radius 1 is 1.10 bits per heavy atom. The number of phenols is 1. The summed E-state index contributed by atoms with van der Waals surface area (Å²) < 4.78 is 7.30. The molecule has 1 amide bonds. The molecular weight excluding hydrogens is 394 g/mol. The fourth-order valence-electron chi connectivity index (χ4n) is 4.25. The van der Waals surface area contributed by atoms with Gasteiger partial charge in [-0.25, -0.2) is 4.98 Å². The van der Waals surface area contributed by atoms with Gasteiger partial charge in [0.1, 0.15) is 5.75 Å². The molecule has 0 spiro atoms. The summed E-state index contributed by atoms with van der Waals surface area (Å²) in [5, 5.41) is 9.77. The molecular formula is C24H27N3O4. The van der Waals surface area contributed by atoms with Crippen molar-refractivity contribution in [1.29, 1.82) is 0 Å². The van der Waals surface area contributed by atoms with Gasteiger partial charge in [-0.05, 0) is 43.2 Å². The third kappa shape index (κ3) is 3.76. The summed E-state index contributed by atoms with van der Waals surface area (Å²) in [5.74, 6) is -1.21. The van der Waals surface area contributed by atoms with E-state index < -0.39 is 17.9 Å². The Bertz CT molecular complexity index is 1090. The van der Waals surface area contributed by atoms with Gasteiger partial charge in [0.25, 0.3) is 0 Å². The highest BCUT2D eigenvalue weighted by molar-refractivity contribution is 6.08. The number of nitrogens with zero attached hydrogens (tertiary/aromatic N) is 3. The van der Waals surface area contributed by atoms with Gasteiger partial charge in [-0.1, -0.05) is 44.0 Å². The largest absolute Gasteiger partial charge is 0.508 e. The number of aromatic nitrogens is 2. The number of rotatable bonds is 7. The summed E-state index contributed by atoms with van der Waals surface area (Å²) in [6, 6.07) is 13.7. The molecule has 2 atom stereocenters. The van der Waals surface area contributed by atoms with Crippen LogP contribution in [0.5, 0.6) is 5.75 Å². The Labute approximate surface area is 181 Å². The van der Waals surface area contributed by atoms with E-state index in [0.29, 0.717) is 12.5 Å². The normalized spacial score (nSPS) is 18.3. The smallest absolute Gasteiger partial charge is 0.321 e. The number of carbonyl (C=O) groups is 2. The summed E-state index contributed by atoms with van der Waals surface area (Å²) >= 11 is 0. The second-order valence-electron chi connectivity index (χ2n) is 7.73. The first-order valence-corrected chi connectivity index (χ1v) is 10.8. The van der Waals surface area contributed by atoms with Crippen molar-refractivity contribution in [3.8, 4) is 5.75 Å². The lowest BCUT2D eigenvalue weighted by atomic mass is 9.89. The van der Waals surface area contributed by atoms with Gasteiger partial charge < -0.3 is 14.4 Å². The fraction of sp³-hybridized carbons (Fsp3) is 0.375. The number of unbranched alkanes of at least 4 members (excludes halogenated alkanes) is 2. The lowest BCUT2D eigenvalue weighted by Gasteiger charge is -2.38. The maximum Gasteiger partial charge on any atom is 0.321 e. The van der Waals surface area contributed by atoms with Crippen LogP contribution in [0, 0.1) is 5.92 Å². The van der Waals surface area contributed by atoms with Crippen LogP contribution in [0.25, 0.3) is 11.0 Å². The summed E-state index contributed by atoms with van der Waals surface area (Å²) in [4.78, 5) is 33.1. The monoisotopic (exact) mass is 421 g/mol. The molecule has 1 aliphatic heterocycles. The predicted octanol–water partition coefficient (Wildman–Crippen LogP) is 4.05. The van der Waals surface area contributed by atoms with E-state index in [-0.39, 0.29) is 18.3 Å². The highest BCUT2D eigenvalue weighted by Gasteiger charge is 2.47. The molecule has 7 nitrogen and oxygen atoms in total. The lowest BCUT2D eigenvalue weighted by molar-refractivity contribution is -0.153. The van der Waals surface area contributed by atoms with Crippen LogP contribution in [0.3, 0.4) is 0 Å². The van der Waals surface area contributed by atoms with Gasteiger partial charge in [-0.3, -0.25) is 14.5 Å². The molecule has 2 aromatic carbocycles. The van der Waals surface area contributed by atoms with Crippen molar-refractivity contribution in [2.45, 2.75) is 39.2 Å². The lowest BCUT2D eigenvalue weighted by Crippen LogP contribution is -2.50. The molecule has 2 heterocycles. The zero-order valence-electron chi connectivity index (χ0n) is 17.8. The van der Waals surface area contributed by atoms with Crippen LogP contribution in [-0.2, 0) is 14.3 Å². The number of hydrogen-bond donors (Lipinski definition) is 1. The third-order valence-electron chi connectivity index (χ3n) is 5.71. The average molecular weight is 421 g/mol. The first-order chi connectivity index (χ1) is 15.1. The van der Waals surface area contributed by atoms with Crippen molar-refractivity contribution in [3.05, 3.63) is 54.1 Å². The van der Waals surface area contributed by atoms with Crippen molar-refractivity contribution < 1.29 is 19.4 Å². The van der Waals surface area contributed by atoms with Gasteiger partial charge in [-0.15, -0.1) is 0 Å². The number of fused-ring (bicyclic) bond motifs is 3. The molecule has 0 saturated heterocycles. The van der Waals surface area contributed by atoms with Gasteiger partial charge in [-0.2, -0.15) is 0 Å². The third-order valence-corrected chi connectivity index (χ3v) is 5.71. The topological polar surface area (TPSA) is 84.7 Å². The van der Waals surface area contributed by atoms with Gasteiger partial charge >= 0.3 is 5.97 Å². The number of imidazole rings is 1. The number of ether oxygens (including phenoxy) is 1. The first kappa shape index (κ1) is 20.9. The zero-order chi connectivity index (χ0) is 22.0. The maximum absolute atomic E-state index is 13.6. The van der Waals surface area contributed by atoms with Crippen molar-refractivity contribution in [2.24, 2.45) is 5.92 Å². The second-order valence-corrected chi connectivity index (χ2v) is 7.73. The number of esters is 1. The Morgan fingerprint density at radius 2 is 1.84 bits per heavy atom. The minimum Gasteiger partial charge on any atom is -0.508 e. The minimum atomic E-state index is -1.03. The number of anilines is 1. The van der Waals surface area contributed by atoms with Crippen LogP contribution in [0.2, 0.25) is 0 Å². The van der Waals surface area contributed by atoms with E-state index in [1.54, 1.807) is 36.1 Å². The maximum atomic E-state index is 13.6. The average Bonchev–Trinajstić information content (AvgIpc) is 3.15. The number of aromatic hydroxyl groups is 1. The summed E-state index contributed by atoms with van der Waals surface area (Å²) in [5.41, 5.74) is 2.35. The van der Waals surface area contributed by atoms with Gasteiger partial charge in [0.2, 0.25) is 11.9 Å². The molecule has 0 unspecified atom stereocenters. The van der Waals surface area contributed by atoms with E-state index in [1.807, 2.05) is 28.8 Å². The molecule has 1 N–H and O–H groups in total. The van der Waals surface area contributed by atoms with Crippen LogP contribution < -0.4 is 4.90 Å². The summed E-state index contributed by atoms with van der Waals surface area (Å²) in [6.45, 7) is 4.53. The molecule has 31 heavy (non-hydrogen) atoms. The van der Waals surface area contributed by atoms with Crippen LogP contribution in [-0.4, -0.2) is 39.7 Å². The van der Waals surface area contributed by atoms with E-state index in [2.05, 4.69) is 6.92 Å². The number of amides is 1. The Morgan fingerprint density at radius 3 is 2.55 bits per heavy atom. The standard InChI is InChI=1S/C24H27N3O4/c1-3-5-8-15-26-22(29)20(23(30)31-4-2)21(16-11-13-17(28)14-12-16)27-19-10-7-6-9-18(19)25-24(26)27/h6-7,9-14,20-21,28H,3-5,8,15H2,1-2H3/t20-,21-/m1/s1. The van der Waals surface area contributed by atoms with Gasteiger partial charge in [0, 0.05) is 6.54 Å². The van der Waals surface area contributed by atoms with Crippen LogP contribution >= 0.6 is 0 Å². The Hall–Kier alpha value is -3.35. The molecule has 7 heteroatoms. The van der Waals surface area contributed by atoms with Crippen LogP contribution in [0.1, 0.15) is 44.7 Å². The molecule has 162 valence electrons. The van der Waals surface area contributed by atoms with E-state index in [0.717, 1.165) is 35.9 Å². The van der Waals surface area contributed by atoms with E-state index >= 15 is 0 Å². The first-order valence-electron chi connectivity index (χ1n) is 10.8. The fourth-order valence-corrected chi connectivity index (χ4v) is 4.25. The second kappa shape index (κ2) is 8.79. The number of hydrogen-bond acceptors (Lipinski definition) is 5. The van der Waals surface area contributed by atoms with Crippen molar-refractivity contribution in [3.63, 3.8) is 0 Å².